The van der Waals surface area contributed by atoms with Gasteiger partial charge in [0.25, 0.3) is 0 Å². The Hall–Kier alpha value is -5.40. The van der Waals surface area contributed by atoms with Crippen molar-refractivity contribution in [2.45, 2.75) is 38.0 Å². The minimum Gasteiger partial charge on any atom is -0.481 e. The number of carboxylic acids is 2. The Morgan fingerprint density at radius 1 is 0.711 bits per heavy atom. The van der Waals surface area contributed by atoms with Crippen molar-refractivity contribution in [3.8, 4) is 11.1 Å². The molecule has 0 aliphatic carbocycles. The first-order valence-electron chi connectivity index (χ1n) is 13.6. The second-order valence-electron chi connectivity index (χ2n) is 9.57. The third kappa shape index (κ3) is 13.6. The van der Waals surface area contributed by atoms with Gasteiger partial charge in [0.05, 0.1) is 25.0 Å². The second kappa shape index (κ2) is 17.7. The molecular weight excluding hydrogens is 597 g/mol. The number of benzene rings is 3. The highest BCUT2D eigenvalue weighted by molar-refractivity contribution is 5.85. The van der Waals surface area contributed by atoms with Crippen molar-refractivity contribution in [3.63, 3.8) is 0 Å². The van der Waals surface area contributed by atoms with Crippen LogP contribution in [0.1, 0.15) is 43.0 Å². The van der Waals surface area contributed by atoms with E-state index in [2.05, 4.69) is 21.3 Å². The van der Waals surface area contributed by atoms with Crippen molar-refractivity contribution in [1.29, 1.82) is 0 Å². The predicted molar refractivity (Wildman–Crippen MR) is 158 cm³/mol. The van der Waals surface area contributed by atoms with Gasteiger partial charge in [0.1, 0.15) is 0 Å². The van der Waals surface area contributed by atoms with Crippen LogP contribution >= 0.6 is 0 Å². The van der Waals surface area contributed by atoms with Gasteiger partial charge in [-0.3, -0.25) is 14.4 Å². The Kier molecular flexibility index (Phi) is 14.0. The van der Waals surface area contributed by atoms with Gasteiger partial charge in [-0.1, -0.05) is 84.9 Å². The van der Waals surface area contributed by atoms with Gasteiger partial charge in [0.15, 0.2) is 0 Å². The highest BCUT2D eigenvalue weighted by Crippen LogP contribution is 2.23. The SMILES string of the molecule is C[C@H](NC(=O)NCCC(=O)NCC(=O)NC(CC(=O)O)c1ccc(-c2ccccc2)cc1)c1ccccc1.O=C(O)C(F)(F)F. The van der Waals surface area contributed by atoms with E-state index >= 15 is 0 Å². The quantitative estimate of drug-likeness (QED) is 0.174. The molecule has 2 atom stereocenters. The van der Waals surface area contributed by atoms with Gasteiger partial charge in [-0.25, -0.2) is 9.59 Å². The number of hydrogen-bond acceptors (Lipinski definition) is 5. The van der Waals surface area contributed by atoms with Crippen LogP contribution in [-0.4, -0.2) is 59.3 Å². The first kappa shape index (κ1) is 35.8. The van der Waals surface area contributed by atoms with Crippen LogP contribution in [0, 0.1) is 0 Å². The van der Waals surface area contributed by atoms with Crippen molar-refractivity contribution >= 4 is 29.8 Å². The zero-order valence-corrected chi connectivity index (χ0v) is 24.1. The molecule has 0 aliphatic heterocycles. The zero-order chi connectivity index (χ0) is 33.4. The Labute approximate surface area is 256 Å². The van der Waals surface area contributed by atoms with Crippen LogP contribution < -0.4 is 21.3 Å². The highest BCUT2D eigenvalue weighted by Gasteiger charge is 2.38. The number of carbonyl (C=O) groups is 5. The molecule has 14 heteroatoms. The summed E-state index contributed by atoms with van der Waals surface area (Å²) < 4.78 is 31.7. The third-order valence-corrected chi connectivity index (χ3v) is 6.11. The van der Waals surface area contributed by atoms with Crippen LogP contribution in [0.5, 0.6) is 0 Å². The summed E-state index contributed by atoms with van der Waals surface area (Å²) in [7, 11) is 0. The summed E-state index contributed by atoms with van der Waals surface area (Å²) in [5.74, 6) is -4.75. The number of aliphatic carboxylic acids is 2. The zero-order valence-electron chi connectivity index (χ0n) is 24.1. The number of urea groups is 1. The molecule has 6 N–H and O–H groups in total. The fourth-order valence-electron chi connectivity index (χ4n) is 3.84. The summed E-state index contributed by atoms with van der Waals surface area (Å²) in [5.41, 5.74) is 3.60. The van der Waals surface area contributed by atoms with Crippen molar-refractivity contribution in [2.75, 3.05) is 13.1 Å². The van der Waals surface area contributed by atoms with Crippen LogP contribution in [0.2, 0.25) is 0 Å². The van der Waals surface area contributed by atoms with Crippen LogP contribution in [0.15, 0.2) is 84.9 Å². The Balaban J connectivity index is 0.000000900. The van der Waals surface area contributed by atoms with Gasteiger partial charge >= 0.3 is 24.1 Å². The monoisotopic (exact) mass is 630 g/mol. The molecular formula is C31H33F3N4O7. The number of hydrogen-bond donors (Lipinski definition) is 6. The molecule has 0 radical (unpaired) electrons. The van der Waals surface area contributed by atoms with E-state index in [1.54, 1.807) is 12.1 Å². The number of rotatable bonds is 12. The van der Waals surface area contributed by atoms with E-state index in [4.69, 9.17) is 9.90 Å². The largest absolute Gasteiger partial charge is 0.490 e. The molecule has 3 aromatic carbocycles. The maximum absolute atomic E-state index is 12.4. The predicted octanol–water partition coefficient (Wildman–Crippen LogP) is 4.19. The summed E-state index contributed by atoms with van der Waals surface area (Å²) in [6, 6.07) is 25.2. The molecule has 4 amide bonds. The fraction of sp³-hybridized carbons (Fsp3) is 0.258. The Morgan fingerprint density at radius 2 is 1.24 bits per heavy atom. The summed E-state index contributed by atoms with van der Waals surface area (Å²) in [6.45, 7) is 1.64. The smallest absolute Gasteiger partial charge is 0.481 e. The number of amides is 4. The van der Waals surface area contributed by atoms with E-state index in [0.29, 0.717) is 5.56 Å². The van der Waals surface area contributed by atoms with Crippen molar-refractivity contribution < 1.29 is 47.4 Å². The molecule has 0 fully saturated rings. The van der Waals surface area contributed by atoms with Gasteiger partial charge in [0, 0.05) is 13.0 Å². The van der Waals surface area contributed by atoms with Crippen LogP contribution in [-0.2, 0) is 19.2 Å². The standard InChI is InChI=1S/C29H32N4O5.C2HF3O2/c1-20(21-8-4-2-5-9-21)32-29(38)30-17-16-26(34)31-19-27(35)33-25(18-28(36)37)24-14-12-23(13-15-24)22-10-6-3-7-11-22;3-2(4,5)1(6)7/h2-15,20,25H,16-19H2,1H3,(H,31,34)(H,33,35)(H,36,37)(H2,30,32,38);(H,6,7)/t20-,25?;/m0./s1. The number of carbonyl (C=O) groups excluding carboxylic acids is 3. The molecule has 11 nitrogen and oxygen atoms in total. The van der Waals surface area contributed by atoms with E-state index in [9.17, 15) is 37.5 Å². The van der Waals surface area contributed by atoms with E-state index in [1.165, 1.54) is 0 Å². The minimum absolute atomic E-state index is 0.0140. The molecule has 0 aliphatic rings. The van der Waals surface area contributed by atoms with E-state index in [1.807, 2.05) is 79.7 Å². The maximum atomic E-state index is 12.4. The minimum atomic E-state index is -5.08. The molecule has 3 aromatic rings. The number of carboxylic acid groups (broad SMARTS) is 2. The molecule has 240 valence electrons. The number of alkyl halides is 3. The number of nitrogens with one attached hydrogen (secondary N) is 4. The molecule has 0 saturated carbocycles. The molecule has 0 bridgehead atoms. The lowest BCUT2D eigenvalue weighted by molar-refractivity contribution is -0.192. The molecule has 0 spiro atoms. The van der Waals surface area contributed by atoms with Gasteiger partial charge < -0.3 is 31.5 Å². The van der Waals surface area contributed by atoms with Crippen LogP contribution in [0.4, 0.5) is 18.0 Å². The van der Waals surface area contributed by atoms with E-state index in [0.717, 1.165) is 16.7 Å². The topological polar surface area (TPSA) is 174 Å². The fourth-order valence-corrected chi connectivity index (χ4v) is 3.84. The first-order valence-corrected chi connectivity index (χ1v) is 13.6. The van der Waals surface area contributed by atoms with E-state index < -0.39 is 42.0 Å². The molecule has 1 unspecified atom stereocenters. The molecule has 45 heavy (non-hydrogen) atoms. The normalized spacial score (nSPS) is 11.9. The first-order chi connectivity index (χ1) is 21.3. The Bertz CT molecular complexity index is 1420. The summed E-state index contributed by atoms with van der Waals surface area (Å²) in [6.07, 6.45) is -5.40. The number of halogens is 3. The van der Waals surface area contributed by atoms with Crippen molar-refractivity contribution in [3.05, 3.63) is 96.1 Å². The average molecular weight is 631 g/mol. The molecule has 0 aromatic heterocycles. The summed E-state index contributed by atoms with van der Waals surface area (Å²) in [5, 5.41) is 27.0. The van der Waals surface area contributed by atoms with Crippen molar-refractivity contribution in [1.82, 2.24) is 21.3 Å². The lowest BCUT2D eigenvalue weighted by Crippen LogP contribution is -2.41. The highest BCUT2D eigenvalue weighted by atomic mass is 19.4. The summed E-state index contributed by atoms with van der Waals surface area (Å²) >= 11 is 0. The molecule has 3 rings (SSSR count). The van der Waals surface area contributed by atoms with Gasteiger partial charge in [-0.15, -0.1) is 0 Å². The van der Waals surface area contributed by atoms with Gasteiger partial charge in [-0.2, -0.15) is 13.2 Å². The van der Waals surface area contributed by atoms with Crippen molar-refractivity contribution in [2.24, 2.45) is 0 Å². The van der Waals surface area contributed by atoms with Crippen LogP contribution in [0.3, 0.4) is 0 Å². The van der Waals surface area contributed by atoms with E-state index in [-0.39, 0.29) is 32.0 Å². The molecule has 0 heterocycles. The van der Waals surface area contributed by atoms with Crippen LogP contribution in [0.25, 0.3) is 11.1 Å². The average Bonchev–Trinajstić information content (AvgIpc) is 3.00. The maximum Gasteiger partial charge on any atom is 0.490 e. The third-order valence-electron chi connectivity index (χ3n) is 6.11. The molecule has 0 saturated heterocycles. The Morgan fingerprint density at radius 3 is 1.78 bits per heavy atom. The van der Waals surface area contributed by atoms with Gasteiger partial charge in [0.2, 0.25) is 11.8 Å². The summed E-state index contributed by atoms with van der Waals surface area (Å²) in [4.78, 5) is 56.9. The van der Waals surface area contributed by atoms with Gasteiger partial charge in [-0.05, 0) is 29.2 Å². The second-order valence-corrected chi connectivity index (χ2v) is 9.57. The lowest BCUT2D eigenvalue weighted by Gasteiger charge is -2.18. The lowest BCUT2D eigenvalue weighted by atomic mass is 9.99.